The van der Waals surface area contributed by atoms with Gasteiger partial charge in [-0.1, -0.05) is 140 Å². The highest BCUT2D eigenvalue weighted by atomic mass is 16.3. The van der Waals surface area contributed by atoms with Gasteiger partial charge in [0, 0.05) is 33.3 Å². The maximum Gasteiger partial charge on any atom is 0.146 e. The Morgan fingerprint density at radius 1 is 0.357 bits per heavy atom. The summed E-state index contributed by atoms with van der Waals surface area (Å²) in [5.74, 6) is 0.814. The largest absolute Gasteiger partial charge is 0.456 e. The molecule has 0 saturated carbocycles. The monoisotopic (exact) mass is 715 g/mol. The fraction of sp³-hybridized carbons (Fsp3) is 0. The Hall–Kier alpha value is -7.56. The Bertz CT molecular complexity index is 3110. The van der Waals surface area contributed by atoms with Gasteiger partial charge in [-0.3, -0.25) is 4.57 Å². The van der Waals surface area contributed by atoms with Gasteiger partial charge in [0.2, 0.25) is 0 Å². The summed E-state index contributed by atoms with van der Waals surface area (Å²) in [7, 11) is 0. The molecule has 4 nitrogen and oxygen atoms in total. The van der Waals surface area contributed by atoms with Gasteiger partial charge in [0.05, 0.1) is 11.2 Å². The molecular formula is C52H33N3O. The molecule has 0 aliphatic heterocycles. The van der Waals surface area contributed by atoms with Gasteiger partial charge in [0.1, 0.15) is 22.6 Å². The minimum atomic E-state index is 0.814. The Labute approximate surface area is 323 Å². The number of pyridine rings is 2. The molecule has 0 atom stereocenters. The molecule has 0 bridgehead atoms. The third kappa shape index (κ3) is 5.47. The topological polar surface area (TPSA) is 43.9 Å². The van der Waals surface area contributed by atoms with Crippen LogP contribution in [0.3, 0.4) is 0 Å². The Morgan fingerprint density at radius 2 is 0.893 bits per heavy atom. The van der Waals surface area contributed by atoms with Crippen LogP contribution in [0, 0.1) is 0 Å². The van der Waals surface area contributed by atoms with Crippen molar-refractivity contribution in [2.75, 3.05) is 0 Å². The SMILES string of the molecule is c1ccc(-c2ccc(-c3cc(-c4ccc(-c5ccccc5)cc4)nc(-n4c5ccc(-c6ccc7oc8ccccc8c7c6)cc5c5cccnc54)c3)cc2)cc1. The molecule has 7 aromatic carbocycles. The second kappa shape index (κ2) is 13.1. The van der Waals surface area contributed by atoms with E-state index in [1.807, 2.05) is 30.5 Å². The van der Waals surface area contributed by atoms with E-state index >= 15 is 0 Å². The van der Waals surface area contributed by atoms with Crippen molar-refractivity contribution >= 4 is 43.9 Å². The van der Waals surface area contributed by atoms with Gasteiger partial charge in [0.15, 0.2) is 0 Å². The van der Waals surface area contributed by atoms with Gasteiger partial charge in [0.25, 0.3) is 0 Å². The second-order valence-electron chi connectivity index (χ2n) is 14.2. The zero-order valence-electron chi connectivity index (χ0n) is 30.3. The number of rotatable bonds is 6. The number of nitrogens with zero attached hydrogens (tertiary/aromatic N) is 3. The van der Waals surface area contributed by atoms with Crippen LogP contribution in [-0.2, 0) is 0 Å². The molecule has 11 aromatic rings. The lowest BCUT2D eigenvalue weighted by molar-refractivity contribution is 0.669. The lowest BCUT2D eigenvalue weighted by Gasteiger charge is -2.13. The summed E-state index contributed by atoms with van der Waals surface area (Å²) in [6.45, 7) is 0. The van der Waals surface area contributed by atoms with Gasteiger partial charge in [-0.05, 0) is 99.1 Å². The molecule has 4 aromatic heterocycles. The van der Waals surface area contributed by atoms with Crippen molar-refractivity contribution in [1.29, 1.82) is 0 Å². The highest BCUT2D eigenvalue weighted by Gasteiger charge is 2.18. The van der Waals surface area contributed by atoms with E-state index < -0.39 is 0 Å². The van der Waals surface area contributed by atoms with E-state index in [0.717, 1.165) is 83.2 Å². The lowest BCUT2D eigenvalue weighted by atomic mass is 9.98. The standard InChI is InChI=1S/C52H33N3O/c1-3-10-34(11-4-1)36-17-19-38(20-18-36)42-32-47(39-23-21-37(22-24-39)35-12-5-2-6-13-35)54-51(33-42)55-48-27-25-40(30-45(48)44-15-9-29-53-52(44)55)41-26-28-50-46(31-41)43-14-7-8-16-49(43)56-50/h1-33H. The average molecular weight is 716 g/mol. The highest BCUT2D eigenvalue weighted by Crippen LogP contribution is 2.38. The molecule has 0 aliphatic rings. The van der Waals surface area contributed by atoms with E-state index in [2.05, 4.69) is 174 Å². The van der Waals surface area contributed by atoms with Gasteiger partial charge in [-0.2, -0.15) is 0 Å². The van der Waals surface area contributed by atoms with Crippen LogP contribution in [0.15, 0.2) is 205 Å². The number of fused-ring (bicyclic) bond motifs is 6. The minimum Gasteiger partial charge on any atom is -0.456 e. The smallest absolute Gasteiger partial charge is 0.146 e. The number of para-hydroxylation sites is 1. The van der Waals surface area contributed by atoms with Crippen molar-refractivity contribution < 1.29 is 4.42 Å². The third-order valence-electron chi connectivity index (χ3n) is 10.9. The summed E-state index contributed by atoms with van der Waals surface area (Å²) in [6.07, 6.45) is 1.87. The molecule has 4 heterocycles. The van der Waals surface area contributed by atoms with Crippen molar-refractivity contribution in [1.82, 2.24) is 14.5 Å². The van der Waals surface area contributed by atoms with Crippen LogP contribution in [-0.4, -0.2) is 14.5 Å². The fourth-order valence-corrected chi connectivity index (χ4v) is 8.06. The summed E-state index contributed by atoms with van der Waals surface area (Å²) in [5.41, 5.74) is 14.9. The normalized spacial score (nSPS) is 11.6. The maximum atomic E-state index is 6.14. The summed E-state index contributed by atoms with van der Waals surface area (Å²) >= 11 is 0. The van der Waals surface area contributed by atoms with Gasteiger partial charge in [-0.15, -0.1) is 0 Å². The van der Waals surface area contributed by atoms with E-state index in [9.17, 15) is 0 Å². The molecule has 262 valence electrons. The van der Waals surface area contributed by atoms with E-state index in [-0.39, 0.29) is 0 Å². The molecule has 4 heteroatoms. The van der Waals surface area contributed by atoms with Gasteiger partial charge in [-0.25, -0.2) is 9.97 Å². The Kier molecular flexibility index (Phi) is 7.46. The number of furan rings is 1. The molecule has 0 unspecified atom stereocenters. The molecular weight excluding hydrogens is 683 g/mol. The molecule has 0 spiro atoms. The minimum absolute atomic E-state index is 0.814. The van der Waals surface area contributed by atoms with Crippen LogP contribution in [0.5, 0.6) is 0 Å². The van der Waals surface area contributed by atoms with Crippen molar-refractivity contribution in [2.45, 2.75) is 0 Å². The quantitative estimate of drug-likeness (QED) is 0.172. The molecule has 0 aliphatic carbocycles. The molecule has 0 fully saturated rings. The van der Waals surface area contributed by atoms with Crippen LogP contribution >= 0.6 is 0 Å². The first-order valence-electron chi connectivity index (χ1n) is 18.9. The Balaban J connectivity index is 1.07. The molecule has 0 N–H and O–H groups in total. The second-order valence-corrected chi connectivity index (χ2v) is 14.2. The van der Waals surface area contributed by atoms with Crippen molar-refractivity contribution in [3.05, 3.63) is 200 Å². The molecule has 11 rings (SSSR count). The fourth-order valence-electron chi connectivity index (χ4n) is 8.06. The highest BCUT2D eigenvalue weighted by molar-refractivity contribution is 6.10. The van der Waals surface area contributed by atoms with Crippen LogP contribution < -0.4 is 0 Å². The number of aromatic nitrogens is 3. The third-order valence-corrected chi connectivity index (χ3v) is 10.9. The molecule has 0 saturated heterocycles. The predicted molar refractivity (Wildman–Crippen MR) is 231 cm³/mol. The van der Waals surface area contributed by atoms with E-state index in [1.165, 1.54) is 22.3 Å². The van der Waals surface area contributed by atoms with Crippen molar-refractivity contribution in [2.24, 2.45) is 0 Å². The first kappa shape index (κ1) is 31.9. The van der Waals surface area contributed by atoms with Gasteiger partial charge >= 0.3 is 0 Å². The zero-order valence-corrected chi connectivity index (χ0v) is 30.3. The zero-order chi connectivity index (χ0) is 37.0. The van der Waals surface area contributed by atoms with Gasteiger partial charge < -0.3 is 4.42 Å². The van der Waals surface area contributed by atoms with Crippen molar-refractivity contribution in [3.8, 4) is 61.6 Å². The van der Waals surface area contributed by atoms with E-state index in [1.54, 1.807) is 0 Å². The summed E-state index contributed by atoms with van der Waals surface area (Å²) < 4.78 is 8.35. The number of hydrogen-bond donors (Lipinski definition) is 0. The lowest BCUT2D eigenvalue weighted by Crippen LogP contribution is -2.01. The number of hydrogen-bond acceptors (Lipinski definition) is 3. The summed E-state index contributed by atoms with van der Waals surface area (Å²) in [6, 6.07) is 68.5. The number of benzene rings is 7. The van der Waals surface area contributed by atoms with Crippen LogP contribution in [0.4, 0.5) is 0 Å². The first-order valence-corrected chi connectivity index (χ1v) is 18.9. The summed E-state index contributed by atoms with van der Waals surface area (Å²) in [4.78, 5) is 10.4. The predicted octanol–water partition coefficient (Wildman–Crippen LogP) is 13.8. The van der Waals surface area contributed by atoms with Crippen molar-refractivity contribution in [3.63, 3.8) is 0 Å². The molecule has 0 amide bonds. The van der Waals surface area contributed by atoms with Crippen LogP contribution in [0.2, 0.25) is 0 Å². The van der Waals surface area contributed by atoms with E-state index in [0.29, 0.717) is 0 Å². The maximum absolute atomic E-state index is 6.14. The first-order chi connectivity index (χ1) is 27.7. The molecule has 56 heavy (non-hydrogen) atoms. The van der Waals surface area contributed by atoms with E-state index in [4.69, 9.17) is 14.4 Å². The molecule has 0 radical (unpaired) electrons. The summed E-state index contributed by atoms with van der Waals surface area (Å²) in [5, 5.41) is 4.44. The average Bonchev–Trinajstić information content (AvgIpc) is 3.82. The Morgan fingerprint density at radius 3 is 1.61 bits per heavy atom. The van der Waals surface area contributed by atoms with Crippen LogP contribution in [0.1, 0.15) is 0 Å². The van der Waals surface area contributed by atoms with Crippen LogP contribution in [0.25, 0.3) is 105 Å².